The predicted molar refractivity (Wildman–Crippen MR) is 57.8 cm³/mol. The van der Waals surface area contributed by atoms with Crippen molar-refractivity contribution in [2.45, 2.75) is 4.90 Å². The van der Waals surface area contributed by atoms with Gasteiger partial charge in [0.15, 0.2) is 0 Å². The molecule has 0 spiro atoms. The first kappa shape index (κ1) is 9.62. The van der Waals surface area contributed by atoms with E-state index in [-0.39, 0.29) is 0 Å². The van der Waals surface area contributed by atoms with Gasteiger partial charge in [-0.1, -0.05) is 0 Å². The average Bonchev–Trinajstić information content (AvgIpc) is 2.03. The topological polar surface area (TPSA) is 0 Å². The number of quaternary nitrogens is 1. The maximum absolute atomic E-state index is 2.19. The van der Waals surface area contributed by atoms with Crippen LogP contribution >= 0.6 is 11.8 Å². The summed E-state index contributed by atoms with van der Waals surface area (Å²) in [6.07, 6.45) is 2.10. The number of hydrogen-bond acceptors (Lipinski definition) is 1. The summed E-state index contributed by atoms with van der Waals surface area (Å²) in [4.78, 5) is 1.33. The summed E-state index contributed by atoms with van der Waals surface area (Å²) in [5.41, 5.74) is 1.34. The van der Waals surface area contributed by atoms with E-state index in [2.05, 4.69) is 51.7 Å². The van der Waals surface area contributed by atoms with E-state index >= 15 is 0 Å². The summed E-state index contributed by atoms with van der Waals surface area (Å²) in [6.45, 7) is 0. The van der Waals surface area contributed by atoms with Gasteiger partial charge in [-0.05, 0) is 18.4 Å². The highest BCUT2D eigenvalue weighted by molar-refractivity contribution is 7.98. The number of thioether (sulfide) groups is 1. The highest BCUT2D eigenvalue weighted by Crippen LogP contribution is 2.21. The van der Waals surface area contributed by atoms with Crippen LogP contribution in [-0.4, -0.2) is 27.4 Å². The summed E-state index contributed by atoms with van der Waals surface area (Å²) < 4.78 is 0.884. The number of rotatable bonds is 2. The van der Waals surface area contributed by atoms with Crippen molar-refractivity contribution >= 4 is 17.4 Å². The van der Waals surface area contributed by atoms with E-state index in [0.717, 1.165) is 4.48 Å². The van der Waals surface area contributed by atoms with Crippen molar-refractivity contribution in [3.05, 3.63) is 24.3 Å². The van der Waals surface area contributed by atoms with Gasteiger partial charge in [-0.2, -0.15) is 0 Å². The molecule has 0 amide bonds. The van der Waals surface area contributed by atoms with Crippen LogP contribution in [0.1, 0.15) is 0 Å². The van der Waals surface area contributed by atoms with Crippen LogP contribution in [0, 0.1) is 0 Å². The largest absolute Gasteiger partial charge is 0.298 e. The Kier molecular flexibility index (Phi) is 2.80. The second-order valence-corrected chi connectivity index (χ2v) is 4.59. The molecule has 1 aromatic carbocycles. The Hall–Kier alpha value is -0.470. The molecule has 0 atom stereocenters. The molecular weight excluding hydrogens is 166 g/mol. The summed E-state index contributed by atoms with van der Waals surface area (Å²) in [7, 11) is 6.52. The second kappa shape index (κ2) is 3.50. The zero-order valence-electron chi connectivity index (χ0n) is 8.16. The molecular formula is C10H16NS+. The average molecular weight is 182 g/mol. The molecule has 0 aromatic heterocycles. The highest BCUT2D eigenvalue weighted by atomic mass is 32.2. The van der Waals surface area contributed by atoms with Gasteiger partial charge in [-0.15, -0.1) is 11.8 Å². The SMILES string of the molecule is CSc1ccc([N+](C)(C)C)cc1. The molecule has 0 radical (unpaired) electrons. The molecule has 0 saturated carbocycles. The fourth-order valence-corrected chi connectivity index (χ4v) is 1.44. The molecule has 0 saturated heterocycles. The van der Waals surface area contributed by atoms with Crippen molar-refractivity contribution in [3.63, 3.8) is 0 Å². The third-order valence-electron chi connectivity index (χ3n) is 1.85. The van der Waals surface area contributed by atoms with Crippen LogP contribution in [0.15, 0.2) is 29.2 Å². The fourth-order valence-electron chi connectivity index (χ4n) is 1.03. The van der Waals surface area contributed by atoms with Crippen molar-refractivity contribution < 1.29 is 0 Å². The minimum Gasteiger partial charge on any atom is -0.298 e. The normalized spacial score (nSPS) is 11.7. The van der Waals surface area contributed by atoms with Crippen LogP contribution in [0.5, 0.6) is 0 Å². The zero-order chi connectivity index (χ0) is 9.19. The third-order valence-corrected chi connectivity index (χ3v) is 2.59. The lowest BCUT2D eigenvalue weighted by Crippen LogP contribution is -2.34. The van der Waals surface area contributed by atoms with E-state index in [0.29, 0.717) is 0 Å². The Morgan fingerprint density at radius 3 is 1.83 bits per heavy atom. The van der Waals surface area contributed by atoms with Gasteiger partial charge in [-0.25, -0.2) is 0 Å². The first-order valence-electron chi connectivity index (χ1n) is 4.00. The second-order valence-electron chi connectivity index (χ2n) is 3.71. The Morgan fingerprint density at radius 2 is 1.50 bits per heavy atom. The number of nitrogens with zero attached hydrogens (tertiary/aromatic N) is 1. The van der Waals surface area contributed by atoms with Crippen molar-refractivity contribution in [2.75, 3.05) is 27.4 Å². The molecule has 0 heterocycles. The smallest absolute Gasteiger partial charge is 0.132 e. The quantitative estimate of drug-likeness (QED) is 0.500. The van der Waals surface area contributed by atoms with Gasteiger partial charge in [0.25, 0.3) is 0 Å². The van der Waals surface area contributed by atoms with Crippen LogP contribution in [0.25, 0.3) is 0 Å². The van der Waals surface area contributed by atoms with Crippen LogP contribution in [0.4, 0.5) is 5.69 Å². The molecule has 1 nitrogen and oxygen atoms in total. The van der Waals surface area contributed by atoms with Gasteiger partial charge >= 0.3 is 0 Å². The van der Waals surface area contributed by atoms with Gasteiger partial charge < -0.3 is 0 Å². The summed E-state index contributed by atoms with van der Waals surface area (Å²) in [5.74, 6) is 0. The Morgan fingerprint density at radius 1 is 1.00 bits per heavy atom. The van der Waals surface area contributed by atoms with Gasteiger partial charge in [0, 0.05) is 17.0 Å². The third kappa shape index (κ3) is 2.26. The lowest BCUT2D eigenvalue weighted by Gasteiger charge is -2.23. The summed E-state index contributed by atoms with van der Waals surface area (Å²) >= 11 is 1.78. The minimum absolute atomic E-state index is 0.884. The molecule has 12 heavy (non-hydrogen) atoms. The molecule has 0 aliphatic rings. The molecule has 0 fully saturated rings. The lowest BCUT2D eigenvalue weighted by molar-refractivity contribution is 0.486. The number of benzene rings is 1. The zero-order valence-corrected chi connectivity index (χ0v) is 8.98. The van der Waals surface area contributed by atoms with Crippen molar-refractivity contribution in [2.24, 2.45) is 0 Å². The van der Waals surface area contributed by atoms with E-state index in [1.54, 1.807) is 11.8 Å². The van der Waals surface area contributed by atoms with Crippen molar-refractivity contribution in [1.29, 1.82) is 0 Å². The fraction of sp³-hybridized carbons (Fsp3) is 0.400. The molecule has 0 unspecified atom stereocenters. The van der Waals surface area contributed by atoms with E-state index in [4.69, 9.17) is 0 Å². The van der Waals surface area contributed by atoms with Gasteiger partial charge in [0.2, 0.25) is 0 Å². The Labute approximate surface area is 79.0 Å². The highest BCUT2D eigenvalue weighted by Gasteiger charge is 2.10. The van der Waals surface area contributed by atoms with Gasteiger partial charge in [-0.3, -0.25) is 4.48 Å². The molecule has 0 aliphatic heterocycles. The molecule has 0 aliphatic carbocycles. The first-order chi connectivity index (χ1) is 5.54. The van der Waals surface area contributed by atoms with E-state index in [1.807, 2.05) is 0 Å². The van der Waals surface area contributed by atoms with Crippen LogP contribution in [-0.2, 0) is 0 Å². The molecule has 1 aromatic rings. The monoisotopic (exact) mass is 182 g/mol. The summed E-state index contributed by atoms with van der Waals surface area (Å²) in [6, 6.07) is 8.71. The molecule has 2 heteroatoms. The number of hydrogen-bond donors (Lipinski definition) is 0. The molecule has 1 rings (SSSR count). The van der Waals surface area contributed by atoms with E-state index in [1.165, 1.54) is 10.6 Å². The predicted octanol–water partition coefficient (Wildman–Crippen LogP) is 2.61. The molecule has 66 valence electrons. The van der Waals surface area contributed by atoms with Crippen LogP contribution < -0.4 is 4.48 Å². The minimum atomic E-state index is 0.884. The standard InChI is InChI=1S/C10H16NS/c1-11(2,3)9-5-7-10(12-4)8-6-9/h5-8H,1-4H3/q+1. The maximum Gasteiger partial charge on any atom is 0.132 e. The molecule has 0 bridgehead atoms. The van der Waals surface area contributed by atoms with Crippen molar-refractivity contribution in [3.8, 4) is 0 Å². The first-order valence-corrected chi connectivity index (χ1v) is 5.22. The van der Waals surface area contributed by atoms with Crippen LogP contribution in [0.2, 0.25) is 0 Å². The van der Waals surface area contributed by atoms with Gasteiger partial charge in [0.05, 0.1) is 21.1 Å². The van der Waals surface area contributed by atoms with E-state index < -0.39 is 0 Å². The van der Waals surface area contributed by atoms with Crippen molar-refractivity contribution in [1.82, 2.24) is 4.48 Å². The van der Waals surface area contributed by atoms with E-state index in [9.17, 15) is 0 Å². The Bertz CT molecular complexity index is 246. The van der Waals surface area contributed by atoms with Gasteiger partial charge in [0.1, 0.15) is 5.69 Å². The molecule has 0 N–H and O–H groups in total. The van der Waals surface area contributed by atoms with Crippen LogP contribution in [0.3, 0.4) is 0 Å². The lowest BCUT2D eigenvalue weighted by atomic mass is 10.3. The summed E-state index contributed by atoms with van der Waals surface area (Å²) in [5, 5.41) is 0. The Balaban J connectivity index is 2.93. The maximum atomic E-state index is 2.19.